The molecule has 0 bridgehead atoms. The second kappa shape index (κ2) is 55.3. The van der Waals surface area contributed by atoms with Crippen molar-refractivity contribution in [1.29, 1.82) is 0 Å². The van der Waals surface area contributed by atoms with Crippen molar-refractivity contribution in [3.63, 3.8) is 0 Å². The van der Waals surface area contributed by atoms with Crippen molar-refractivity contribution in [2.75, 3.05) is 0 Å². The molecule has 0 fully saturated rings. The number of hydrogen-bond acceptors (Lipinski definition) is 0. The third-order valence-electron chi connectivity index (χ3n) is 19.6. The molecule has 19 aromatic carbocycles. The molecule has 20 rings (SSSR count). The molecule has 0 nitrogen and oxygen atoms in total. The van der Waals surface area contributed by atoms with Crippen molar-refractivity contribution in [2.45, 2.75) is 215 Å². The van der Waals surface area contributed by atoms with Crippen LogP contribution in [0.5, 0.6) is 0 Å². The van der Waals surface area contributed by atoms with Gasteiger partial charge >= 0.3 is 0 Å². The lowest BCUT2D eigenvalue weighted by atomic mass is 9.92. The van der Waals surface area contributed by atoms with E-state index in [1.54, 1.807) is 0 Å². The van der Waals surface area contributed by atoms with E-state index in [1.165, 1.54) is 190 Å². The number of benzene rings is 19. The Labute approximate surface area is 721 Å². The Morgan fingerprint density at radius 1 is 0.118 bits per heavy atom. The van der Waals surface area contributed by atoms with Gasteiger partial charge in [-0.25, -0.2) is 0 Å². The quantitative estimate of drug-likeness (QED) is 0.133. The van der Waals surface area contributed by atoms with Crippen molar-refractivity contribution in [2.24, 2.45) is 0 Å². The van der Waals surface area contributed by atoms with E-state index in [1.807, 2.05) is 180 Å². The molecule has 0 aromatic heterocycles. The molecule has 0 saturated carbocycles. The minimum atomic E-state index is 1.31. The fourth-order valence-electron chi connectivity index (χ4n) is 15.2. The van der Waals surface area contributed by atoms with Gasteiger partial charge in [-0.1, -0.05) is 507 Å². The highest BCUT2D eigenvalue weighted by Crippen LogP contribution is 2.48. The van der Waals surface area contributed by atoms with Crippen LogP contribution in [0, 0.1) is 34.6 Å². The normalized spacial score (nSPS) is 9.64. The first-order valence-electron chi connectivity index (χ1n) is 45.6. The predicted molar refractivity (Wildman–Crippen MR) is 555 cm³/mol. The number of rotatable bonds is 0. The van der Waals surface area contributed by atoms with Gasteiger partial charge in [-0.05, 0) is 219 Å². The molecule has 19 aromatic rings. The van der Waals surface area contributed by atoms with Gasteiger partial charge in [-0.15, -0.1) is 0 Å². The summed E-state index contributed by atoms with van der Waals surface area (Å²) in [5.41, 5.74) is 12.2. The number of aryl methyl sites for hydroxylation is 5. The van der Waals surface area contributed by atoms with Crippen LogP contribution >= 0.6 is 0 Å². The second-order valence-corrected chi connectivity index (χ2v) is 25.2. The maximum atomic E-state index is 2.32. The van der Waals surface area contributed by atoms with Gasteiger partial charge in [-0.3, -0.25) is 0 Å². The molecule has 0 amide bonds. The first kappa shape index (κ1) is 102. The van der Waals surface area contributed by atoms with Crippen LogP contribution < -0.4 is 0 Å². The summed E-state index contributed by atoms with van der Waals surface area (Å²) >= 11 is 0. The van der Waals surface area contributed by atoms with E-state index >= 15 is 0 Å². The average Bonchev–Trinajstić information content (AvgIpc) is 1.60. The zero-order valence-corrected chi connectivity index (χ0v) is 79.1. The van der Waals surface area contributed by atoms with Gasteiger partial charge in [0.25, 0.3) is 0 Å². The van der Waals surface area contributed by atoms with E-state index in [0.717, 1.165) is 0 Å². The van der Waals surface area contributed by atoms with Crippen LogP contribution in [0.4, 0.5) is 0 Å². The first-order valence-corrected chi connectivity index (χ1v) is 45.6. The first-order chi connectivity index (χ1) is 58.8. The molecule has 0 N–H and O–H groups in total. The molecular weight excluding hydrogens is 1430 g/mol. The van der Waals surface area contributed by atoms with Crippen LogP contribution in [0.15, 0.2) is 322 Å². The summed E-state index contributed by atoms with van der Waals surface area (Å²) in [7, 11) is 0. The van der Waals surface area contributed by atoms with Crippen LogP contribution in [0.1, 0.15) is 208 Å². The minimum absolute atomic E-state index is 1.31. The smallest absolute Gasteiger partial charge is 0.00237 e. The van der Waals surface area contributed by atoms with Gasteiger partial charge in [-0.2, -0.15) is 0 Å². The van der Waals surface area contributed by atoms with E-state index in [9.17, 15) is 0 Å². The molecule has 0 heteroatoms. The summed E-state index contributed by atoms with van der Waals surface area (Å²) in [4.78, 5) is 0. The molecule has 0 unspecified atom stereocenters. The Balaban J connectivity index is 0.000000359. The maximum Gasteiger partial charge on any atom is -0.00237 e. The third-order valence-corrected chi connectivity index (χ3v) is 19.6. The van der Waals surface area contributed by atoms with E-state index in [2.05, 4.69) is 356 Å². The van der Waals surface area contributed by atoms with E-state index in [0.29, 0.717) is 0 Å². The van der Waals surface area contributed by atoms with Crippen LogP contribution in [0.25, 0.3) is 162 Å². The van der Waals surface area contributed by atoms with Crippen LogP contribution in [0.3, 0.4) is 0 Å². The second-order valence-electron chi connectivity index (χ2n) is 25.2. The molecular formula is C119H146. The van der Waals surface area contributed by atoms with Crippen molar-refractivity contribution in [3.05, 3.63) is 349 Å². The Kier molecular flexibility index (Phi) is 47.3. The van der Waals surface area contributed by atoms with Gasteiger partial charge in [0.05, 0.1) is 0 Å². The topological polar surface area (TPSA) is 0 Å². The summed E-state index contributed by atoms with van der Waals surface area (Å²) in [6.45, 7) is 62.9. The Hall–Kier alpha value is -11.4. The number of hydrogen-bond donors (Lipinski definition) is 0. The van der Waals surface area contributed by atoms with E-state index < -0.39 is 0 Å². The van der Waals surface area contributed by atoms with Crippen molar-refractivity contribution in [3.8, 4) is 22.3 Å². The third kappa shape index (κ3) is 23.3. The molecule has 0 atom stereocenters. The fourth-order valence-corrected chi connectivity index (χ4v) is 15.2. The lowest BCUT2D eigenvalue weighted by Crippen LogP contribution is -1.85. The molecule has 0 radical (unpaired) electrons. The van der Waals surface area contributed by atoms with Gasteiger partial charge in [0.2, 0.25) is 0 Å². The molecule has 0 saturated heterocycles. The van der Waals surface area contributed by atoms with Gasteiger partial charge in [0.15, 0.2) is 0 Å². The van der Waals surface area contributed by atoms with Crippen LogP contribution in [-0.4, -0.2) is 0 Å². The molecule has 0 aliphatic heterocycles. The summed E-state index contributed by atoms with van der Waals surface area (Å²) in [5, 5.41) is 35.1. The Morgan fingerprint density at radius 2 is 0.353 bits per heavy atom. The monoisotopic (exact) mass is 1580 g/mol. The van der Waals surface area contributed by atoms with Gasteiger partial charge < -0.3 is 0 Å². The highest BCUT2D eigenvalue weighted by atomic mass is 14.2. The van der Waals surface area contributed by atoms with Crippen molar-refractivity contribution < 1.29 is 0 Å². The highest BCUT2D eigenvalue weighted by molar-refractivity contribution is 6.27. The molecule has 622 valence electrons. The average molecular weight is 1580 g/mol. The summed E-state index contributed by atoms with van der Waals surface area (Å²) in [6.07, 6.45) is 0. The van der Waals surface area contributed by atoms with Gasteiger partial charge in [0.1, 0.15) is 0 Å². The van der Waals surface area contributed by atoms with Crippen molar-refractivity contribution in [1.82, 2.24) is 0 Å². The fraction of sp³-hybridized carbons (Fsp3) is 0.261. The maximum absolute atomic E-state index is 2.32. The SMILES string of the molecule is CC.CC.CC.CC.CC.CC.CC.CC.CC.CC.CC.CC.CC.Cc1cc2c3ccccc3ccc2c2ccccc12.Cc1ccc2c3c(cccc13)-c1ccccc1-2.Cc1ccc2c3ccccc3c3ccccc3c2c1.Cc1cccc2c1ccc1c3ccccc3ccc21.Cc1cccc2c3ccccc3c3ccccc3c12. The molecule has 0 heterocycles. The van der Waals surface area contributed by atoms with E-state index in [-0.39, 0.29) is 0 Å². The van der Waals surface area contributed by atoms with Gasteiger partial charge in [0, 0.05) is 0 Å². The standard InChI is InChI=1S/4C19H14.C17H12.13C2H6/c1-13-7-6-12-18-16-9-3-2-8-14(16)15-10-4-5-11-17(15)19(13)18;1-13-12-19-16-8-3-2-6-14(16)10-11-18(19)17-9-5-4-7-15(13)17;1-13-10-11-18-16-8-3-2-6-14(16)15-7-4-5-9-17(15)19(18)12-13;1-13-5-4-8-17-15(13)11-12-18-16-7-3-2-6-14(16)9-10-19(17)18;1-11-9-10-16-14-6-3-2-5-13(14)15-8-4-7-12(11)17(15)16;13*1-2/h4*2-12H,1H3;2-10H,1H3;13*1-2H3. The molecule has 119 heavy (non-hydrogen) atoms. The largest absolute Gasteiger partial charge is 0.0683 e. The van der Waals surface area contributed by atoms with Crippen LogP contribution in [-0.2, 0) is 0 Å². The molecule has 1 aliphatic carbocycles. The zero-order chi connectivity index (χ0) is 88.7. The van der Waals surface area contributed by atoms with Crippen LogP contribution in [0.2, 0.25) is 0 Å². The lowest BCUT2D eigenvalue weighted by molar-refractivity contribution is 1.50. The predicted octanol–water partition coefficient (Wildman–Crippen LogP) is 40.0. The summed E-state index contributed by atoms with van der Waals surface area (Å²) < 4.78 is 0. The lowest BCUT2D eigenvalue weighted by Gasteiger charge is -2.11. The minimum Gasteiger partial charge on any atom is -0.0683 e. The summed E-state index contributed by atoms with van der Waals surface area (Å²) in [6, 6.07) is 116. The Bertz CT molecular complexity index is 5980. The summed E-state index contributed by atoms with van der Waals surface area (Å²) in [5.74, 6) is 0. The van der Waals surface area contributed by atoms with E-state index in [4.69, 9.17) is 0 Å². The zero-order valence-electron chi connectivity index (χ0n) is 79.1. The number of fused-ring (bicyclic) bond motifs is 25. The van der Waals surface area contributed by atoms with Crippen molar-refractivity contribution >= 4 is 140 Å². The highest BCUT2D eigenvalue weighted by Gasteiger charge is 2.21. The Morgan fingerprint density at radius 3 is 0.798 bits per heavy atom. The molecule has 1 aliphatic rings. The molecule has 0 spiro atoms.